The molecule has 1 aliphatic heterocycles. The van der Waals surface area contributed by atoms with E-state index in [9.17, 15) is 9.59 Å². The largest absolute Gasteiger partial charge is 0.352 e. The number of amides is 2. The molecular weight excluding hydrogens is 531 g/mol. The van der Waals surface area contributed by atoms with Gasteiger partial charge in [0.1, 0.15) is 0 Å². The standard InChI is InChI=1S/C24H38N6O2.HI/c1-25-24(26-15-18-8-7-11-20(14-18)27-22(31)17-29(2)3)28-21-12-13-30(16-21)23(32)19-9-5-4-6-10-19;/h7-8,11,14,19,21H,4-6,9-10,12-13,15-17H2,1-3H3,(H,27,31)(H2,25,26,28);1H. The summed E-state index contributed by atoms with van der Waals surface area (Å²) in [7, 11) is 5.50. The molecule has 0 aromatic heterocycles. The minimum atomic E-state index is -0.0360. The van der Waals surface area contributed by atoms with Crippen molar-refractivity contribution in [3.63, 3.8) is 0 Å². The topological polar surface area (TPSA) is 89.1 Å². The molecule has 0 bridgehead atoms. The zero-order valence-corrected chi connectivity index (χ0v) is 22.4. The number of rotatable bonds is 7. The molecule has 0 radical (unpaired) electrons. The smallest absolute Gasteiger partial charge is 0.238 e. The molecule has 1 saturated heterocycles. The molecule has 1 heterocycles. The van der Waals surface area contributed by atoms with Gasteiger partial charge >= 0.3 is 0 Å². The van der Waals surface area contributed by atoms with Gasteiger partial charge in [0.05, 0.1) is 6.54 Å². The van der Waals surface area contributed by atoms with Gasteiger partial charge in [0.25, 0.3) is 0 Å². The van der Waals surface area contributed by atoms with Crippen LogP contribution >= 0.6 is 24.0 Å². The Hall–Kier alpha value is -1.88. The second kappa shape index (κ2) is 13.7. The second-order valence-corrected chi connectivity index (χ2v) is 9.16. The Morgan fingerprint density at radius 1 is 1.15 bits per heavy atom. The predicted molar refractivity (Wildman–Crippen MR) is 144 cm³/mol. The van der Waals surface area contributed by atoms with Crippen LogP contribution in [0.3, 0.4) is 0 Å². The van der Waals surface area contributed by atoms with E-state index >= 15 is 0 Å². The number of aliphatic imine (C=N–C) groups is 1. The van der Waals surface area contributed by atoms with Crippen molar-refractivity contribution in [2.45, 2.75) is 51.1 Å². The zero-order valence-electron chi connectivity index (χ0n) is 20.1. The summed E-state index contributed by atoms with van der Waals surface area (Å²) in [5, 5.41) is 9.73. The van der Waals surface area contributed by atoms with E-state index in [-0.39, 0.29) is 41.8 Å². The molecule has 3 N–H and O–H groups in total. The van der Waals surface area contributed by atoms with Crippen LogP contribution in [0.4, 0.5) is 5.69 Å². The normalized spacial score (nSPS) is 19.2. The number of nitrogens with one attached hydrogen (secondary N) is 3. The number of likely N-dealkylation sites (tertiary alicyclic amines) is 1. The Balaban J connectivity index is 0.00000385. The lowest BCUT2D eigenvalue weighted by Gasteiger charge is -2.26. The summed E-state index contributed by atoms with van der Waals surface area (Å²) in [4.78, 5) is 33.0. The SMILES string of the molecule is CN=C(NCc1cccc(NC(=O)CN(C)C)c1)NC1CCN(C(=O)C2CCCCC2)C1.I. The summed E-state index contributed by atoms with van der Waals surface area (Å²) in [6, 6.07) is 8.02. The van der Waals surface area contributed by atoms with Crippen molar-refractivity contribution in [1.29, 1.82) is 0 Å². The summed E-state index contributed by atoms with van der Waals surface area (Å²) in [6.45, 7) is 2.50. The van der Waals surface area contributed by atoms with Gasteiger partial charge in [-0.05, 0) is 51.1 Å². The van der Waals surface area contributed by atoms with Gasteiger partial charge in [-0.15, -0.1) is 24.0 Å². The van der Waals surface area contributed by atoms with Crippen molar-refractivity contribution in [1.82, 2.24) is 20.4 Å². The van der Waals surface area contributed by atoms with Crippen LogP contribution in [0, 0.1) is 5.92 Å². The summed E-state index contributed by atoms with van der Waals surface area (Å²) < 4.78 is 0. The molecule has 1 saturated carbocycles. The van der Waals surface area contributed by atoms with E-state index in [1.54, 1.807) is 7.05 Å². The van der Waals surface area contributed by atoms with Gasteiger partial charge in [-0.2, -0.15) is 0 Å². The second-order valence-electron chi connectivity index (χ2n) is 9.16. The van der Waals surface area contributed by atoms with Gasteiger partial charge in [0.2, 0.25) is 11.8 Å². The molecule has 1 aromatic carbocycles. The first-order valence-electron chi connectivity index (χ1n) is 11.7. The van der Waals surface area contributed by atoms with E-state index in [4.69, 9.17) is 0 Å². The summed E-state index contributed by atoms with van der Waals surface area (Å²) >= 11 is 0. The van der Waals surface area contributed by atoms with Crippen LogP contribution in [0.25, 0.3) is 0 Å². The van der Waals surface area contributed by atoms with Gasteiger partial charge in [0, 0.05) is 44.3 Å². The molecule has 1 aliphatic carbocycles. The Labute approximate surface area is 215 Å². The average molecular weight is 571 g/mol. The van der Waals surface area contributed by atoms with Gasteiger partial charge < -0.3 is 25.8 Å². The fraction of sp³-hybridized carbons (Fsp3) is 0.625. The Morgan fingerprint density at radius 2 is 1.91 bits per heavy atom. The maximum Gasteiger partial charge on any atom is 0.238 e. The summed E-state index contributed by atoms with van der Waals surface area (Å²) in [5.74, 6) is 1.26. The molecule has 2 amide bonds. The van der Waals surface area contributed by atoms with E-state index in [2.05, 4.69) is 20.9 Å². The lowest BCUT2D eigenvalue weighted by atomic mass is 9.88. The highest BCUT2D eigenvalue weighted by molar-refractivity contribution is 14.0. The number of hydrogen-bond acceptors (Lipinski definition) is 4. The van der Waals surface area contributed by atoms with Crippen molar-refractivity contribution in [2.75, 3.05) is 46.1 Å². The van der Waals surface area contributed by atoms with Crippen molar-refractivity contribution >= 4 is 47.4 Å². The molecule has 1 unspecified atom stereocenters. The van der Waals surface area contributed by atoms with E-state index < -0.39 is 0 Å². The summed E-state index contributed by atoms with van der Waals surface area (Å²) in [5.41, 5.74) is 1.84. The highest BCUT2D eigenvalue weighted by Gasteiger charge is 2.31. The van der Waals surface area contributed by atoms with Crippen LogP contribution in [0.5, 0.6) is 0 Å². The third-order valence-electron chi connectivity index (χ3n) is 6.15. The molecular formula is C24H39IN6O2. The number of benzene rings is 1. The molecule has 33 heavy (non-hydrogen) atoms. The Morgan fingerprint density at radius 3 is 2.61 bits per heavy atom. The molecule has 1 aromatic rings. The van der Waals surface area contributed by atoms with Crippen LogP contribution in [-0.2, 0) is 16.1 Å². The van der Waals surface area contributed by atoms with E-state index in [1.807, 2.05) is 48.2 Å². The summed E-state index contributed by atoms with van der Waals surface area (Å²) in [6.07, 6.45) is 6.66. The number of carbonyl (C=O) groups is 2. The molecule has 3 rings (SSSR count). The number of likely N-dealkylation sites (N-methyl/N-ethyl adjacent to an activating group) is 1. The first-order valence-corrected chi connectivity index (χ1v) is 11.7. The quantitative estimate of drug-likeness (QED) is 0.267. The fourth-order valence-electron chi connectivity index (χ4n) is 4.51. The van der Waals surface area contributed by atoms with Crippen LogP contribution in [-0.4, -0.2) is 74.4 Å². The van der Waals surface area contributed by atoms with Crippen LogP contribution in [0.2, 0.25) is 0 Å². The molecule has 2 aliphatic rings. The van der Waals surface area contributed by atoms with E-state index in [0.29, 0.717) is 19.0 Å². The lowest BCUT2D eigenvalue weighted by molar-refractivity contribution is -0.135. The van der Waals surface area contributed by atoms with Crippen LogP contribution in [0.1, 0.15) is 44.1 Å². The number of nitrogens with zero attached hydrogens (tertiary/aromatic N) is 3. The number of guanidine groups is 1. The van der Waals surface area contributed by atoms with Gasteiger partial charge in [0.15, 0.2) is 5.96 Å². The van der Waals surface area contributed by atoms with E-state index in [1.165, 1.54) is 19.3 Å². The third kappa shape index (κ3) is 8.77. The molecule has 1 atom stereocenters. The maximum atomic E-state index is 12.8. The molecule has 2 fully saturated rings. The monoisotopic (exact) mass is 570 g/mol. The van der Waals surface area contributed by atoms with Gasteiger partial charge in [-0.3, -0.25) is 14.6 Å². The highest BCUT2D eigenvalue weighted by Crippen LogP contribution is 2.26. The highest BCUT2D eigenvalue weighted by atomic mass is 127. The van der Waals surface area contributed by atoms with Crippen molar-refractivity contribution < 1.29 is 9.59 Å². The lowest BCUT2D eigenvalue weighted by Crippen LogP contribution is -2.45. The Bertz CT molecular complexity index is 810. The Kier molecular flexibility index (Phi) is 11.4. The first-order chi connectivity index (χ1) is 15.4. The van der Waals surface area contributed by atoms with E-state index in [0.717, 1.165) is 49.6 Å². The molecule has 0 spiro atoms. The van der Waals surface area contributed by atoms with Crippen molar-refractivity contribution in [3.8, 4) is 0 Å². The number of carbonyl (C=O) groups excluding carboxylic acids is 2. The predicted octanol–water partition coefficient (Wildman–Crippen LogP) is 2.65. The number of halogens is 1. The van der Waals surface area contributed by atoms with Gasteiger partial charge in [-0.25, -0.2) is 0 Å². The minimum absolute atomic E-state index is 0. The van der Waals surface area contributed by atoms with Crippen molar-refractivity contribution in [2.24, 2.45) is 10.9 Å². The van der Waals surface area contributed by atoms with Crippen LogP contribution in [0.15, 0.2) is 29.3 Å². The molecule has 184 valence electrons. The fourth-order valence-corrected chi connectivity index (χ4v) is 4.51. The maximum absolute atomic E-state index is 12.8. The zero-order chi connectivity index (χ0) is 22.9. The number of anilines is 1. The first kappa shape index (κ1) is 27.4. The average Bonchev–Trinajstić information content (AvgIpc) is 3.25. The number of hydrogen-bond donors (Lipinski definition) is 3. The van der Waals surface area contributed by atoms with Gasteiger partial charge in [-0.1, -0.05) is 31.4 Å². The molecule has 9 heteroatoms. The van der Waals surface area contributed by atoms with Crippen LogP contribution < -0.4 is 16.0 Å². The minimum Gasteiger partial charge on any atom is -0.352 e. The third-order valence-corrected chi connectivity index (χ3v) is 6.15. The molecule has 8 nitrogen and oxygen atoms in total. The van der Waals surface area contributed by atoms with Crippen molar-refractivity contribution in [3.05, 3.63) is 29.8 Å².